The molecule has 3 fully saturated rings. The summed E-state index contributed by atoms with van der Waals surface area (Å²) < 4.78 is 0. The molecule has 0 aromatic rings. The fraction of sp³-hybridized carbons (Fsp3) is 0.896. The Balaban J connectivity index is -0.0000000410. The smallest absolute Gasteiger partial charge is 0.545 e. The van der Waals surface area contributed by atoms with E-state index in [1.54, 1.807) is 20.8 Å². The van der Waals surface area contributed by atoms with E-state index in [0.29, 0.717) is 19.6 Å². The molecule has 0 spiro atoms. The zero-order chi connectivity index (χ0) is 46.1. The van der Waals surface area contributed by atoms with E-state index in [4.69, 9.17) is 45.3 Å². The maximum absolute atomic E-state index is 9.14. The molecule has 13 heteroatoms. The fourth-order valence-electron chi connectivity index (χ4n) is 8.53. The molecule has 3 saturated carbocycles. The van der Waals surface area contributed by atoms with Gasteiger partial charge in [-0.2, -0.15) is 0 Å². The third-order valence-corrected chi connectivity index (χ3v) is 14.0. The zero-order valence-electron chi connectivity index (χ0n) is 44.6. The molecular weight excluding hydrogens is 878 g/mol. The van der Waals surface area contributed by atoms with Gasteiger partial charge in [0.05, 0.1) is 18.3 Å². The molecule has 3 aliphatic rings. The predicted molar refractivity (Wildman–Crippen MR) is 254 cm³/mol. The van der Waals surface area contributed by atoms with E-state index in [2.05, 4.69) is 117 Å². The number of rotatable bonds is 6. The van der Waals surface area contributed by atoms with Gasteiger partial charge in [-0.3, -0.25) is 18.5 Å². The largest absolute Gasteiger partial charge is 3.00 e. The van der Waals surface area contributed by atoms with Crippen LogP contribution in [0.15, 0.2) is 0 Å². The molecule has 0 bridgehead atoms. The Morgan fingerprint density at radius 1 is 0.328 bits per heavy atom. The Hall–Kier alpha value is 1.16. The van der Waals surface area contributed by atoms with Crippen LogP contribution in [0.5, 0.6) is 0 Å². The molecule has 0 aromatic heterocycles. The monoisotopic (exact) mass is 987 g/mol. The summed E-state index contributed by atoms with van der Waals surface area (Å²) in [5, 5.41) is 55.4. The van der Waals surface area contributed by atoms with E-state index in [1.807, 2.05) is 4.90 Å². The molecule has 0 heterocycles. The van der Waals surface area contributed by atoms with Gasteiger partial charge in [0.2, 0.25) is 0 Å². The minimum Gasteiger partial charge on any atom is -0.545 e. The Morgan fingerprint density at radius 3 is 0.443 bits per heavy atom. The van der Waals surface area contributed by atoms with Crippen molar-refractivity contribution in [1.29, 1.82) is 0 Å². The summed E-state index contributed by atoms with van der Waals surface area (Å²) in [6.45, 7) is 49.0. The molecule has 0 saturated heterocycles. The van der Waals surface area contributed by atoms with Crippen molar-refractivity contribution in [3.63, 3.8) is 0 Å². The Labute approximate surface area is 428 Å². The SMILES string of the molecule is CC(O)CN(CC(C)O)CC(C)O.CC1C(C)C(C)C(C)C1C.CC1C(C)C(C)C(C)C1C.CC1C(C)C(C)C(C)C1C.CO.CO.CO.CO.[CH-]=O.[CH-]=O.[CH3-].[CH3-].[CH3-].[Ti+3].[Ti].[Ti]. The molecule has 3 aliphatic carbocycles. The third-order valence-electron chi connectivity index (χ3n) is 14.0. The van der Waals surface area contributed by atoms with Crippen LogP contribution < -0.4 is 0 Å². The quantitative estimate of drug-likeness (QED) is 0.0780. The van der Waals surface area contributed by atoms with Crippen LogP contribution in [-0.4, -0.2) is 121 Å². The summed E-state index contributed by atoms with van der Waals surface area (Å²) in [4.78, 5) is 17.3. The second-order valence-corrected chi connectivity index (χ2v) is 16.7. The first kappa shape index (κ1) is 96.2. The maximum atomic E-state index is 9.14. The second kappa shape index (κ2) is 59.2. The van der Waals surface area contributed by atoms with Crippen molar-refractivity contribution in [1.82, 2.24) is 4.90 Å². The fourth-order valence-corrected chi connectivity index (χ4v) is 8.53. The summed E-state index contributed by atoms with van der Waals surface area (Å²) in [7, 11) is 4.00. The molecule has 7 N–H and O–H groups in total. The van der Waals surface area contributed by atoms with Crippen LogP contribution in [0.2, 0.25) is 0 Å². The number of nitrogens with zero attached hydrogens (tertiary/aromatic N) is 1. The molecule has 0 aliphatic heterocycles. The number of hydrogen-bond donors (Lipinski definition) is 7. The summed E-state index contributed by atoms with van der Waals surface area (Å²) in [6.07, 6.45) is -1.30. The summed E-state index contributed by atoms with van der Waals surface area (Å²) in [6, 6.07) is 0. The van der Waals surface area contributed by atoms with Crippen LogP contribution in [0.3, 0.4) is 0 Å². The predicted octanol–water partition coefficient (Wildman–Crippen LogP) is 8.20. The van der Waals surface area contributed by atoms with Gasteiger partial charge in [-0.05, 0) is 110 Å². The standard InChI is InChI=1S/3C10H20.C9H21NO3.4CH4O.2CHO.3CH3.3Ti/c3*1-6-7(2)9(4)10(5)8(6)3;1-7(11)4-10(5-8(2)12)6-9(3)13;6*1-2;;;;;;/h3*6-10H,1-5H3;7-9,11-13H,4-6H2,1-3H3;4*2H,1H3;2*1H;3*1H3;;;/q;;;;;;;;5*-1;;;+3. The van der Waals surface area contributed by atoms with Gasteiger partial charge in [0, 0.05) is 91.5 Å². The van der Waals surface area contributed by atoms with Crippen LogP contribution in [-0.2, 0) is 74.7 Å². The van der Waals surface area contributed by atoms with Gasteiger partial charge in [0.15, 0.2) is 0 Å². The molecule has 3 unspecified atom stereocenters. The van der Waals surface area contributed by atoms with Gasteiger partial charge in [-0.15, -0.1) is 0 Å². The summed E-state index contributed by atoms with van der Waals surface area (Å²) >= 11 is 0. The average Bonchev–Trinajstić information content (AvgIpc) is 3.55. The van der Waals surface area contributed by atoms with Gasteiger partial charge >= 0.3 is 21.7 Å². The van der Waals surface area contributed by atoms with Crippen molar-refractivity contribution in [2.75, 3.05) is 48.1 Å². The van der Waals surface area contributed by atoms with Gasteiger partial charge in [0.1, 0.15) is 0 Å². The van der Waals surface area contributed by atoms with Crippen LogP contribution >= 0.6 is 0 Å². The van der Waals surface area contributed by atoms with Crippen molar-refractivity contribution in [3.05, 3.63) is 22.3 Å². The number of hydrogen-bond acceptors (Lipinski definition) is 10. The van der Waals surface area contributed by atoms with Gasteiger partial charge in [0.25, 0.3) is 0 Å². The number of aliphatic hydroxyl groups is 7. The normalized spacial score (nSPS) is 31.8. The van der Waals surface area contributed by atoms with Crippen molar-refractivity contribution in [2.45, 2.75) is 143 Å². The Morgan fingerprint density at radius 2 is 0.393 bits per heavy atom. The molecule has 0 aromatic carbocycles. The number of carbonyl (C=O) groups excluding carboxylic acids is 2. The first-order chi connectivity index (χ1) is 25.6. The van der Waals surface area contributed by atoms with Gasteiger partial charge in [-0.25, -0.2) is 0 Å². The zero-order valence-corrected chi connectivity index (χ0v) is 49.2. The van der Waals surface area contributed by atoms with E-state index in [9.17, 15) is 0 Å². The van der Waals surface area contributed by atoms with E-state index >= 15 is 0 Å². The minimum absolute atomic E-state index is 0. The topological polar surface area (TPSA) is 179 Å². The molecule has 3 rings (SSSR count). The van der Waals surface area contributed by atoms with Crippen molar-refractivity contribution in [3.8, 4) is 0 Å². The van der Waals surface area contributed by atoms with E-state index in [0.717, 1.165) is 117 Å². The van der Waals surface area contributed by atoms with Crippen LogP contribution in [0, 0.1) is 111 Å². The van der Waals surface area contributed by atoms with E-state index in [1.165, 1.54) is 0 Å². The van der Waals surface area contributed by atoms with Crippen molar-refractivity contribution < 1.29 is 110 Å². The third kappa shape index (κ3) is 40.0. The molecule has 3 atom stereocenters. The summed E-state index contributed by atoms with van der Waals surface area (Å²) in [5.41, 5.74) is 0. The van der Waals surface area contributed by atoms with Crippen molar-refractivity contribution in [2.24, 2.45) is 88.8 Å². The Kier molecular flexibility index (Phi) is 93.3. The van der Waals surface area contributed by atoms with Crippen molar-refractivity contribution >= 4 is 13.6 Å². The van der Waals surface area contributed by atoms with Crippen LogP contribution in [0.25, 0.3) is 0 Å². The molecule has 10 nitrogen and oxygen atoms in total. The van der Waals surface area contributed by atoms with E-state index < -0.39 is 18.3 Å². The van der Waals surface area contributed by atoms with Crippen LogP contribution in [0.4, 0.5) is 0 Å². The van der Waals surface area contributed by atoms with Crippen LogP contribution in [0.1, 0.15) is 125 Å². The molecular formula is C48H108NO9Ti3-2. The minimum atomic E-state index is -0.433. The Bertz CT molecular complexity index is 561. The second-order valence-electron chi connectivity index (χ2n) is 16.7. The average molecular weight is 987 g/mol. The first-order valence-electron chi connectivity index (χ1n) is 20.6. The first-order valence-corrected chi connectivity index (χ1v) is 20.6. The maximum Gasteiger partial charge on any atom is 3.00 e. The molecule has 0 amide bonds. The molecule has 61 heavy (non-hydrogen) atoms. The molecule has 1 radical (unpaired) electrons. The van der Waals surface area contributed by atoms with E-state index in [-0.39, 0.29) is 87.4 Å². The number of aliphatic hydroxyl groups excluding tert-OH is 7. The molecule has 373 valence electrons. The summed E-state index contributed by atoms with van der Waals surface area (Å²) in [5.74, 6) is 14.0. The van der Waals surface area contributed by atoms with Gasteiger partial charge in [-0.1, -0.05) is 104 Å². The van der Waals surface area contributed by atoms with Gasteiger partial charge < -0.3 is 67.6 Å².